The average Bonchev–Trinajstić information content (AvgIpc) is 3.22. The Morgan fingerprint density at radius 2 is 2.12 bits per heavy atom. The summed E-state index contributed by atoms with van der Waals surface area (Å²) in [4.78, 5) is 12.8. The van der Waals surface area contributed by atoms with E-state index in [4.69, 9.17) is 16.1 Å². The number of rotatable bonds is 6. The van der Waals surface area contributed by atoms with Crippen molar-refractivity contribution in [1.82, 2.24) is 15.4 Å². The van der Waals surface area contributed by atoms with Gasteiger partial charge in [0.25, 0.3) is 5.91 Å². The summed E-state index contributed by atoms with van der Waals surface area (Å²) in [6.45, 7) is 5.93. The van der Waals surface area contributed by atoms with Crippen LogP contribution in [-0.2, 0) is 0 Å². The first-order valence-electron chi connectivity index (χ1n) is 8.37. The molecule has 2 heterocycles. The number of hydrogen-bond acceptors (Lipinski definition) is 6. The minimum Gasteiger partial charge on any atom is -0.360 e. The van der Waals surface area contributed by atoms with Crippen LogP contribution in [0.5, 0.6) is 0 Å². The first kappa shape index (κ1) is 18.5. The molecule has 0 fully saturated rings. The minimum atomic E-state index is -0.343. The van der Waals surface area contributed by atoms with E-state index in [1.54, 1.807) is 19.1 Å². The monoisotopic (exact) mass is 390 g/mol. The third-order valence-corrected chi connectivity index (χ3v) is 5.42. The lowest BCUT2D eigenvalue weighted by atomic mass is 10.1. The summed E-state index contributed by atoms with van der Waals surface area (Å²) in [6, 6.07) is 7.19. The van der Waals surface area contributed by atoms with E-state index in [1.807, 2.05) is 12.1 Å². The van der Waals surface area contributed by atoms with Gasteiger partial charge in [-0.2, -0.15) is 0 Å². The van der Waals surface area contributed by atoms with E-state index in [9.17, 15) is 4.79 Å². The number of nitrogens with one attached hydrogen (secondary N) is 1. The molecule has 1 amide bonds. The van der Waals surface area contributed by atoms with Crippen molar-refractivity contribution in [3.8, 4) is 11.3 Å². The lowest BCUT2D eigenvalue weighted by Crippen LogP contribution is -2.13. The molecule has 0 radical (unpaired) electrons. The lowest BCUT2D eigenvalue weighted by molar-refractivity contribution is 0.102. The number of hydrogen-bond donors (Lipinski definition) is 1. The summed E-state index contributed by atoms with van der Waals surface area (Å²) >= 11 is 7.63. The Morgan fingerprint density at radius 1 is 1.35 bits per heavy atom. The molecule has 3 rings (SSSR count). The van der Waals surface area contributed by atoms with Gasteiger partial charge >= 0.3 is 0 Å². The zero-order chi connectivity index (χ0) is 18.7. The lowest BCUT2D eigenvalue weighted by Gasteiger charge is -2.04. The van der Waals surface area contributed by atoms with Crippen LogP contribution >= 0.6 is 22.9 Å². The van der Waals surface area contributed by atoms with Gasteiger partial charge < -0.3 is 4.52 Å². The van der Waals surface area contributed by atoms with Gasteiger partial charge in [0.05, 0.1) is 5.02 Å². The fraction of sp³-hybridized carbons (Fsp3) is 0.333. The first-order valence-corrected chi connectivity index (χ1v) is 9.56. The van der Waals surface area contributed by atoms with E-state index in [-0.39, 0.29) is 5.91 Å². The van der Waals surface area contributed by atoms with Gasteiger partial charge in [0.1, 0.15) is 22.0 Å². The Kier molecular flexibility index (Phi) is 5.68. The topological polar surface area (TPSA) is 80.9 Å². The van der Waals surface area contributed by atoms with Crippen molar-refractivity contribution < 1.29 is 9.32 Å². The molecule has 0 aliphatic rings. The van der Waals surface area contributed by atoms with Crippen molar-refractivity contribution in [1.29, 1.82) is 0 Å². The number of aryl methyl sites for hydroxylation is 1. The maximum atomic E-state index is 12.8. The molecule has 0 aliphatic heterocycles. The van der Waals surface area contributed by atoms with E-state index in [0.29, 0.717) is 38.7 Å². The van der Waals surface area contributed by atoms with Crippen molar-refractivity contribution in [2.45, 2.75) is 39.5 Å². The molecule has 0 saturated heterocycles. The first-order chi connectivity index (χ1) is 12.5. The van der Waals surface area contributed by atoms with Gasteiger partial charge in [-0.25, -0.2) is 0 Å². The second-order valence-electron chi connectivity index (χ2n) is 6.03. The third kappa shape index (κ3) is 3.78. The Hall–Kier alpha value is -2.25. The number of nitrogens with zero attached hydrogens (tertiary/aromatic N) is 3. The quantitative estimate of drug-likeness (QED) is 0.616. The highest BCUT2D eigenvalue weighted by molar-refractivity contribution is 7.15. The smallest absolute Gasteiger partial charge is 0.263 e. The largest absolute Gasteiger partial charge is 0.360 e. The maximum absolute atomic E-state index is 12.8. The Labute approximate surface area is 160 Å². The van der Waals surface area contributed by atoms with E-state index in [2.05, 4.69) is 34.5 Å². The van der Waals surface area contributed by atoms with Crippen molar-refractivity contribution in [3.05, 3.63) is 45.6 Å². The zero-order valence-corrected chi connectivity index (χ0v) is 16.3. The second kappa shape index (κ2) is 7.97. The van der Waals surface area contributed by atoms with Crippen LogP contribution in [0.25, 0.3) is 11.3 Å². The summed E-state index contributed by atoms with van der Waals surface area (Å²) in [5, 5.41) is 16.9. The molecular weight excluding hydrogens is 372 g/mol. The van der Waals surface area contributed by atoms with Crippen molar-refractivity contribution >= 4 is 34.0 Å². The molecule has 0 unspecified atom stereocenters. The number of benzene rings is 1. The summed E-state index contributed by atoms with van der Waals surface area (Å²) in [5.41, 5.74) is 1.40. The zero-order valence-electron chi connectivity index (χ0n) is 14.7. The average molecular weight is 391 g/mol. The third-order valence-electron chi connectivity index (χ3n) is 4.02. The molecule has 8 heteroatoms. The fourth-order valence-electron chi connectivity index (χ4n) is 2.68. The number of amides is 1. The molecule has 2 aromatic heterocycles. The number of carbonyl (C=O) groups is 1. The standard InChI is InChI=1S/C18H19ClN4O2S/c1-4-7-10(2)17-21-22-18(26-17)20-16(24)14-11(3)25-23-15(14)12-8-5-6-9-13(12)19/h5-6,8-10H,4,7H2,1-3H3,(H,20,22,24)/t10-/m0/s1. The Morgan fingerprint density at radius 3 is 2.85 bits per heavy atom. The Bertz CT molecular complexity index is 922. The summed E-state index contributed by atoms with van der Waals surface area (Å²) in [7, 11) is 0. The summed E-state index contributed by atoms with van der Waals surface area (Å²) in [6.07, 6.45) is 2.10. The van der Waals surface area contributed by atoms with Crippen LogP contribution in [0.3, 0.4) is 0 Å². The number of anilines is 1. The van der Waals surface area contributed by atoms with Gasteiger partial charge in [0.15, 0.2) is 0 Å². The molecule has 3 aromatic rings. The molecule has 0 saturated carbocycles. The predicted octanol–water partition coefficient (Wildman–Crippen LogP) is 5.31. The molecular formula is C18H19ClN4O2S. The molecule has 0 aliphatic carbocycles. The van der Waals surface area contributed by atoms with E-state index >= 15 is 0 Å². The van der Waals surface area contributed by atoms with Crippen LogP contribution < -0.4 is 5.32 Å². The van der Waals surface area contributed by atoms with Crippen molar-refractivity contribution in [2.24, 2.45) is 0 Å². The summed E-state index contributed by atoms with van der Waals surface area (Å²) in [5.74, 6) is 0.394. The van der Waals surface area contributed by atoms with Gasteiger partial charge in [-0.1, -0.05) is 66.6 Å². The second-order valence-corrected chi connectivity index (χ2v) is 7.45. The summed E-state index contributed by atoms with van der Waals surface area (Å²) < 4.78 is 5.24. The normalized spacial score (nSPS) is 12.2. The fourth-order valence-corrected chi connectivity index (χ4v) is 3.73. The Balaban J connectivity index is 1.85. The van der Waals surface area contributed by atoms with E-state index in [0.717, 1.165) is 17.8 Å². The minimum absolute atomic E-state index is 0.319. The van der Waals surface area contributed by atoms with Crippen molar-refractivity contribution in [2.75, 3.05) is 5.32 Å². The van der Waals surface area contributed by atoms with Gasteiger partial charge in [-0.15, -0.1) is 10.2 Å². The van der Waals surface area contributed by atoms with Crippen LogP contribution in [0.2, 0.25) is 5.02 Å². The molecule has 0 spiro atoms. The molecule has 1 atom stereocenters. The van der Waals surface area contributed by atoms with E-state index in [1.165, 1.54) is 11.3 Å². The van der Waals surface area contributed by atoms with Gasteiger partial charge in [0, 0.05) is 11.5 Å². The van der Waals surface area contributed by atoms with Gasteiger partial charge in [-0.3, -0.25) is 10.1 Å². The van der Waals surface area contributed by atoms with Crippen LogP contribution in [-0.4, -0.2) is 21.3 Å². The molecule has 1 aromatic carbocycles. The van der Waals surface area contributed by atoms with Gasteiger partial charge in [-0.05, 0) is 19.4 Å². The molecule has 1 N–H and O–H groups in total. The predicted molar refractivity (Wildman–Crippen MR) is 103 cm³/mol. The maximum Gasteiger partial charge on any atom is 0.263 e. The number of carbonyl (C=O) groups excluding carboxylic acids is 1. The molecule has 0 bridgehead atoms. The van der Waals surface area contributed by atoms with Crippen LogP contribution in [0.4, 0.5) is 5.13 Å². The van der Waals surface area contributed by atoms with Crippen LogP contribution in [0, 0.1) is 6.92 Å². The number of halogens is 1. The van der Waals surface area contributed by atoms with Gasteiger partial charge in [0.2, 0.25) is 5.13 Å². The van der Waals surface area contributed by atoms with Crippen molar-refractivity contribution in [3.63, 3.8) is 0 Å². The SMILES string of the molecule is CCC[C@H](C)c1nnc(NC(=O)c2c(-c3ccccc3Cl)noc2C)s1. The molecule has 136 valence electrons. The molecule has 6 nitrogen and oxygen atoms in total. The van der Waals surface area contributed by atoms with E-state index < -0.39 is 0 Å². The highest BCUT2D eigenvalue weighted by Gasteiger charge is 2.24. The number of aromatic nitrogens is 3. The van der Waals surface area contributed by atoms with Crippen LogP contribution in [0.1, 0.15) is 53.7 Å². The highest BCUT2D eigenvalue weighted by atomic mass is 35.5. The molecule has 26 heavy (non-hydrogen) atoms. The van der Waals surface area contributed by atoms with Crippen LogP contribution in [0.15, 0.2) is 28.8 Å². The highest BCUT2D eigenvalue weighted by Crippen LogP contribution is 2.32.